The van der Waals surface area contributed by atoms with Gasteiger partial charge in [-0.3, -0.25) is 4.99 Å². The van der Waals surface area contributed by atoms with Crippen LogP contribution in [-0.2, 0) is 0 Å². The molecule has 0 aromatic rings. The van der Waals surface area contributed by atoms with E-state index in [1.165, 1.54) is 0 Å². The Morgan fingerprint density at radius 2 is 2.14 bits per heavy atom. The van der Waals surface area contributed by atoms with Gasteiger partial charge in [-0.05, 0) is 13.8 Å². The first kappa shape index (κ1) is 6.63. The van der Waals surface area contributed by atoms with Crippen molar-refractivity contribution >= 4 is 5.71 Å². The summed E-state index contributed by atoms with van der Waals surface area (Å²) in [7, 11) is 1.67. The van der Waals surface area contributed by atoms with Gasteiger partial charge in [-0.25, -0.2) is 0 Å². The molecule has 7 heavy (non-hydrogen) atoms. The molecular weight excluding hydrogens is 90.1 g/mol. The quantitative estimate of drug-likeness (QED) is 0.478. The van der Waals surface area contributed by atoms with E-state index in [0.29, 0.717) is 0 Å². The molecule has 0 bridgehead atoms. The Balaban J connectivity index is 3.56. The maximum Gasteiger partial charge on any atom is 0.0885 e. The van der Waals surface area contributed by atoms with E-state index >= 15 is 0 Å². The van der Waals surface area contributed by atoms with Crippen LogP contribution in [0.3, 0.4) is 0 Å². The van der Waals surface area contributed by atoms with Gasteiger partial charge in [-0.1, -0.05) is 0 Å². The summed E-state index contributed by atoms with van der Waals surface area (Å²) in [6.45, 7) is 3.49. The molecule has 2 nitrogen and oxygen atoms in total. The summed E-state index contributed by atoms with van der Waals surface area (Å²) < 4.78 is 0. The number of rotatable bonds is 1. The third kappa shape index (κ3) is 2.34. The van der Waals surface area contributed by atoms with E-state index < -0.39 is 0 Å². The molecular formula is C5H11NO. The van der Waals surface area contributed by atoms with E-state index in [0.717, 1.165) is 5.71 Å². The van der Waals surface area contributed by atoms with Crippen molar-refractivity contribution in [3.8, 4) is 0 Å². The van der Waals surface area contributed by atoms with Crippen LogP contribution in [0.15, 0.2) is 4.99 Å². The molecule has 1 atom stereocenters. The Kier molecular flexibility index (Phi) is 2.60. The van der Waals surface area contributed by atoms with Crippen LogP contribution in [0, 0.1) is 0 Å². The minimum Gasteiger partial charge on any atom is -0.387 e. The van der Waals surface area contributed by atoms with Gasteiger partial charge in [-0.2, -0.15) is 0 Å². The first-order chi connectivity index (χ1) is 3.18. The topological polar surface area (TPSA) is 32.6 Å². The van der Waals surface area contributed by atoms with Crippen molar-refractivity contribution in [1.29, 1.82) is 0 Å². The Labute approximate surface area is 43.9 Å². The second kappa shape index (κ2) is 2.75. The number of aliphatic hydroxyl groups is 1. The standard InChI is InChI=1S/C5H11NO/c1-4(6-3)5(2)7/h5,7H,1-3H3/b6-4-. The lowest BCUT2D eigenvalue weighted by molar-refractivity contribution is 0.261. The summed E-state index contributed by atoms with van der Waals surface area (Å²) >= 11 is 0. The minimum atomic E-state index is -0.384. The van der Waals surface area contributed by atoms with Gasteiger partial charge < -0.3 is 5.11 Å². The lowest BCUT2D eigenvalue weighted by atomic mass is 10.3. The number of aliphatic hydroxyl groups excluding tert-OH is 1. The molecule has 0 aliphatic carbocycles. The van der Waals surface area contributed by atoms with E-state index in [2.05, 4.69) is 4.99 Å². The van der Waals surface area contributed by atoms with Crippen molar-refractivity contribution in [1.82, 2.24) is 0 Å². The number of hydrogen-bond acceptors (Lipinski definition) is 2. The Hall–Kier alpha value is -0.370. The zero-order valence-corrected chi connectivity index (χ0v) is 4.97. The van der Waals surface area contributed by atoms with Crippen LogP contribution in [0.2, 0.25) is 0 Å². The minimum absolute atomic E-state index is 0.384. The fourth-order valence-electron chi connectivity index (χ4n) is 0.187. The van der Waals surface area contributed by atoms with Crippen molar-refractivity contribution in [3.63, 3.8) is 0 Å². The van der Waals surface area contributed by atoms with Crippen molar-refractivity contribution < 1.29 is 5.11 Å². The Bertz CT molecular complexity index is 76.1. The van der Waals surface area contributed by atoms with Gasteiger partial charge >= 0.3 is 0 Å². The maximum atomic E-state index is 8.69. The molecule has 0 radical (unpaired) electrons. The second-order valence-electron chi connectivity index (χ2n) is 1.54. The van der Waals surface area contributed by atoms with Crippen LogP contribution in [0.1, 0.15) is 13.8 Å². The number of aliphatic imine (C=N–C) groups is 1. The van der Waals surface area contributed by atoms with Crippen LogP contribution in [0.4, 0.5) is 0 Å². The normalized spacial score (nSPS) is 16.9. The highest BCUT2D eigenvalue weighted by molar-refractivity contribution is 5.85. The average molecular weight is 101 g/mol. The van der Waals surface area contributed by atoms with Gasteiger partial charge in [0.05, 0.1) is 6.10 Å². The van der Waals surface area contributed by atoms with Crippen molar-refractivity contribution in [3.05, 3.63) is 0 Å². The molecule has 0 aliphatic heterocycles. The van der Waals surface area contributed by atoms with Crippen LogP contribution >= 0.6 is 0 Å². The summed E-state index contributed by atoms with van der Waals surface area (Å²) in [5, 5.41) is 8.69. The zero-order valence-electron chi connectivity index (χ0n) is 4.97. The van der Waals surface area contributed by atoms with Crippen molar-refractivity contribution in [2.75, 3.05) is 7.05 Å². The Morgan fingerprint density at radius 1 is 1.71 bits per heavy atom. The third-order valence-corrected chi connectivity index (χ3v) is 0.957. The van der Waals surface area contributed by atoms with Crippen LogP contribution in [0.5, 0.6) is 0 Å². The van der Waals surface area contributed by atoms with Crippen molar-refractivity contribution in [2.24, 2.45) is 4.99 Å². The van der Waals surface area contributed by atoms with E-state index in [1.807, 2.05) is 0 Å². The van der Waals surface area contributed by atoms with E-state index in [9.17, 15) is 0 Å². The van der Waals surface area contributed by atoms with E-state index in [-0.39, 0.29) is 6.10 Å². The highest BCUT2D eigenvalue weighted by atomic mass is 16.3. The van der Waals surface area contributed by atoms with E-state index in [4.69, 9.17) is 5.11 Å². The van der Waals surface area contributed by atoms with Gasteiger partial charge in [0.25, 0.3) is 0 Å². The highest BCUT2D eigenvalue weighted by Gasteiger charge is 1.94. The van der Waals surface area contributed by atoms with Crippen LogP contribution in [0.25, 0.3) is 0 Å². The highest BCUT2D eigenvalue weighted by Crippen LogP contribution is 1.82. The monoisotopic (exact) mass is 101 g/mol. The molecule has 2 heteroatoms. The molecule has 0 amide bonds. The molecule has 0 aromatic carbocycles. The molecule has 1 unspecified atom stereocenters. The summed E-state index contributed by atoms with van der Waals surface area (Å²) in [6.07, 6.45) is -0.384. The number of nitrogens with zero attached hydrogens (tertiary/aromatic N) is 1. The van der Waals surface area contributed by atoms with Crippen LogP contribution < -0.4 is 0 Å². The SMILES string of the molecule is C/N=C(/C)C(C)O. The first-order valence-electron chi connectivity index (χ1n) is 2.30. The van der Waals surface area contributed by atoms with Gasteiger partial charge in [0.1, 0.15) is 0 Å². The van der Waals surface area contributed by atoms with Gasteiger partial charge in [0, 0.05) is 12.8 Å². The molecule has 0 fully saturated rings. The Morgan fingerprint density at radius 3 is 2.14 bits per heavy atom. The second-order valence-corrected chi connectivity index (χ2v) is 1.54. The van der Waals surface area contributed by atoms with Crippen molar-refractivity contribution in [2.45, 2.75) is 20.0 Å². The number of hydrogen-bond donors (Lipinski definition) is 1. The predicted molar refractivity (Wildman–Crippen MR) is 30.7 cm³/mol. The maximum absolute atomic E-state index is 8.69. The summed E-state index contributed by atoms with van der Waals surface area (Å²) in [4.78, 5) is 3.75. The van der Waals surface area contributed by atoms with Gasteiger partial charge in [0.2, 0.25) is 0 Å². The molecule has 0 rings (SSSR count). The summed E-state index contributed by atoms with van der Waals surface area (Å²) in [5.41, 5.74) is 0.778. The summed E-state index contributed by atoms with van der Waals surface area (Å²) in [5.74, 6) is 0. The van der Waals surface area contributed by atoms with Gasteiger partial charge in [-0.15, -0.1) is 0 Å². The third-order valence-electron chi connectivity index (χ3n) is 0.957. The molecule has 0 spiro atoms. The lowest BCUT2D eigenvalue weighted by Gasteiger charge is -1.98. The molecule has 42 valence electrons. The fraction of sp³-hybridized carbons (Fsp3) is 0.800. The molecule has 1 N–H and O–H groups in total. The first-order valence-corrected chi connectivity index (χ1v) is 2.30. The van der Waals surface area contributed by atoms with Gasteiger partial charge in [0.15, 0.2) is 0 Å². The molecule has 0 aromatic heterocycles. The molecule has 0 saturated carbocycles. The van der Waals surface area contributed by atoms with Crippen LogP contribution in [-0.4, -0.2) is 24.0 Å². The average Bonchev–Trinajstić information content (AvgIpc) is 1.65. The molecule has 0 saturated heterocycles. The molecule has 0 aliphatic rings. The molecule has 0 heterocycles. The lowest BCUT2D eigenvalue weighted by Crippen LogP contribution is -2.11. The fourth-order valence-corrected chi connectivity index (χ4v) is 0.187. The smallest absolute Gasteiger partial charge is 0.0885 e. The zero-order chi connectivity index (χ0) is 5.86. The predicted octanol–water partition coefficient (Wildman–Crippen LogP) is 0.458. The summed E-state index contributed by atoms with van der Waals surface area (Å²) in [6, 6.07) is 0. The van der Waals surface area contributed by atoms with E-state index in [1.54, 1.807) is 20.9 Å². The largest absolute Gasteiger partial charge is 0.387 e.